The van der Waals surface area contributed by atoms with Crippen molar-refractivity contribution in [2.24, 2.45) is 0 Å². The van der Waals surface area contributed by atoms with Crippen LogP contribution in [0.3, 0.4) is 0 Å². The van der Waals surface area contributed by atoms with E-state index in [0.29, 0.717) is 57.4 Å². The van der Waals surface area contributed by atoms with Crippen LogP contribution < -0.4 is 14.8 Å². The number of nitrogens with zero attached hydrogens (tertiary/aromatic N) is 1. The van der Waals surface area contributed by atoms with Crippen LogP contribution in [0.25, 0.3) is 0 Å². The van der Waals surface area contributed by atoms with Crippen LogP contribution in [0.1, 0.15) is 54.7 Å². The van der Waals surface area contributed by atoms with E-state index in [0.717, 1.165) is 22.9 Å². The monoisotopic (exact) mass is 580 g/mol. The summed E-state index contributed by atoms with van der Waals surface area (Å²) in [6, 6.07) is 19.2. The summed E-state index contributed by atoms with van der Waals surface area (Å²) in [6.07, 6.45) is 2.53. The molecule has 0 unspecified atom stereocenters. The number of ether oxygens (including phenoxy) is 3. The highest BCUT2D eigenvalue weighted by molar-refractivity contribution is 5.66. The molecule has 5 rings (SSSR count). The van der Waals surface area contributed by atoms with Crippen LogP contribution in [0.2, 0.25) is 0 Å². The zero-order chi connectivity index (χ0) is 29.5. The molecule has 1 amide bonds. The Morgan fingerprint density at radius 3 is 2.40 bits per heavy atom. The molecular weight excluding hydrogens is 542 g/mol. The Kier molecular flexibility index (Phi) is 9.92. The van der Waals surface area contributed by atoms with Crippen LogP contribution >= 0.6 is 0 Å². The van der Waals surface area contributed by atoms with E-state index in [1.165, 1.54) is 11.0 Å². The summed E-state index contributed by atoms with van der Waals surface area (Å²) in [5.74, 6) is -0.463. The second-order valence-electron chi connectivity index (χ2n) is 11.1. The standard InChI is InChI=1S/C33H38F2N2O5/c1-40-26-11-7-22(8-12-26)19-36-30-15-16-37(33(38)39)31(30)21-41-27-13-9-24(10-14-27)28-17-25(34)18-29(35)32(28)42-20-23-5-3-2-4-6-23/h2-8,11-12,17-18,24,27,30-31,36H,9-10,13-16,19-21H2,1H3,(H,38,39)/t24?,27?,30-,31-/m0/s1. The van der Waals surface area contributed by atoms with Crippen LogP contribution in [0.5, 0.6) is 11.5 Å². The Morgan fingerprint density at radius 2 is 1.71 bits per heavy atom. The smallest absolute Gasteiger partial charge is 0.407 e. The van der Waals surface area contributed by atoms with E-state index < -0.39 is 17.7 Å². The molecule has 1 aliphatic heterocycles. The summed E-state index contributed by atoms with van der Waals surface area (Å²) in [5.41, 5.74) is 2.55. The minimum absolute atomic E-state index is 0.0286. The molecule has 1 saturated carbocycles. The minimum Gasteiger partial charge on any atom is -0.497 e. The van der Waals surface area contributed by atoms with Crippen molar-refractivity contribution in [2.75, 3.05) is 20.3 Å². The largest absolute Gasteiger partial charge is 0.497 e. The molecule has 3 aromatic carbocycles. The fourth-order valence-electron chi connectivity index (χ4n) is 6.07. The van der Waals surface area contributed by atoms with Gasteiger partial charge in [-0.05, 0) is 67.3 Å². The maximum atomic E-state index is 14.8. The van der Waals surface area contributed by atoms with E-state index in [4.69, 9.17) is 14.2 Å². The molecule has 1 aliphatic carbocycles. The summed E-state index contributed by atoms with van der Waals surface area (Å²) in [5, 5.41) is 13.3. The maximum absolute atomic E-state index is 14.8. The van der Waals surface area contributed by atoms with Crippen molar-refractivity contribution in [1.29, 1.82) is 0 Å². The van der Waals surface area contributed by atoms with Crippen LogP contribution in [0.15, 0.2) is 66.7 Å². The average Bonchev–Trinajstić information content (AvgIpc) is 3.42. The third-order valence-electron chi connectivity index (χ3n) is 8.40. The predicted molar refractivity (Wildman–Crippen MR) is 155 cm³/mol. The van der Waals surface area contributed by atoms with Gasteiger partial charge in [0.05, 0.1) is 25.9 Å². The van der Waals surface area contributed by atoms with Gasteiger partial charge in [-0.2, -0.15) is 0 Å². The molecular formula is C33H38F2N2O5. The van der Waals surface area contributed by atoms with Gasteiger partial charge in [-0.3, -0.25) is 0 Å². The van der Waals surface area contributed by atoms with E-state index >= 15 is 0 Å². The number of benzene rings is 3. The number of carboxylic acid groups (broad SMARTS) is 1. The molecule has 2 atom stereocenters. The lowest BCUT2D eigenvalue weighted by molar-refractivity contribution is -0.00533. The molecule has 9 heteroatoms. The molecule has 0 bridgehead atoms. The van der Waals surface area contributed by atoms with Crippen molar-refractivity contribution in [2.45, 2.75) is 69.4 Å². The molecule has 1 saturated heterocycles. The van der Waals surface area contributed by atoms with Crippen LogP contribution in [-0.4, -0.2) is 54.5 Å². The van der Waals surface area contributed by atoms with E-state index in [1.807, 2.05) is 54.6 Å². The highest BCUT2D eigenvalue weighted by Crippen LogP contribution is 2.40. The van der Waals surface area contributed by atoms with Gasteiger partial charge in [-0.15, -0.1) is 0 Å². The molecule has 0 aromatic heterocycles. The molecule has 2 fully saturated rings. The second kappa shape index (κ2) is 14.0. The van der Waals surface area contributed by atoms with Crippen molar-refractivity contribution >= 4 is 6.09 Å². The molecule has 2 aliphatic rings. The van der Waals surface area contributed by atoms with Gasteiger partial charge >= 0.3 is 6.09 Å². The number of likely N-dealkylation sites (tertiary alicyclic amines) is 1. The molecule has 0 radical (unpaired) electrons. The van der Waals surface area contributed by atoms with Gasteiger partial charge in [0.25, 0.3) is 0 Å². The Morgan fingerprint density at radius 1 is 0.976 bits per heavy atom. The normalized spacial score (nSPS) is 22.2. The van der Waals surface area contributed by atoms with Crippen LogP contribution in [0, 0.1) is 11.6 Å². The third kappa shape index (κ3) is 7.38. The molecule has 7 nitrogen and oxygen atoms in total. The van der Waals surface area contributed by atoms with Crippen LogP contribution in [-0.2, 0) is 17.9 Å². The van der Waals surface area contributed by atoms with Gasteiger partial charge in [-0.1, -0.05) is 42.5 Å². The molecule has 3 aromatic rings. The number of halogens is 2. The first-order valence-electron chi connectivity index (χ1n) is 14.5. The summed E-state index contributed by atoms with van der Waals surface area (Å²) in [4.78, 5) is 13.4. The quantitative estimate of drug-likeness (QED) is 0.269. The lowest BCUT2D eigenvalue weighted by Gasteiger charge is -2.32. The molecule has 42 heavy (non-hydrogen) atoms. The number of methoxy groups -OCH3 is 1. The van der Waals surface area contributed by atoms with E-state index in [1.54, 1.807) is 7.11 Å². The fraction of sp³-hybridized carbons (Fsp3) is 0.424. The zero-order valence-corrected chi connectivity index (χ0v) is 23.8. The van der Waals surface area contributed by atoms with Gasteiger partial charge in [0, 0.05) is 30.8 Å². The molecule has 0 spiro atoms. The first-order chi connectivity index (χ1) is 20.4. The third-order valence-corrected chi connectivity index (χ3v) is 8.40. The van der Waals surface area contributed by atoms with E-state index in [-0.39, 0.29) is 36.5 Å². The highest BCUT2D eigenvalue weighted by atomic mass is 19.1. The molecule has 2 N–H and O–H groups in total. The van der Waals surface area contributed by atoms with E-state index in [2.05, 4.69) is 5.32 Å². The first kappa shape index (κ1) is 29.8. The predicted octanol–water partition coefficient (Wildman–Crippen LogP) is 6.51. The Labute approximate surface area is 245 Å². The average molecular weight is 581 g/mol. The molecule has 1 heterocycles. The van der Waals surface area contributed by atoms with Crippen molar-refractivity contribution in [3.05, 3.63) is 95.1 Å². The fourth-order valence-corrected chi connectivity index (χ4v) is 6.07. The SMILES string of the molecule is COc1ccc(CN[C@H]2CCN(C(=O)O)[C@H]2COC2CCC(c3cc(F)cc(F)c3OCc3ccccc3)CC2)cc1. The van der Waals surface area contributed by atoms with Crippen molar-refractivity contribution in [1.82, 2.24) is 10.2 Å². The molecule has 224 valence electrons. The van der Waals surface area contributed by atoms with Crippen LogP contribution in [0.4, 0.5) is 13.6 Å². The zero-order valence-electron chi connectivity index (χ0n) is 23.8. The first-order valence-corrected chi connectivity index (χ1v) is 14.5. The van der Waals surface area contributed by atoms with Gasteiger partial charge in [0.15, 0.2) is 11.6 Å². The number of amides is 1. The highest BCUT2D eigenvalue weighted by Gasteiger charge is 2.38. The Hall–Kier alpha value is -3.69. The summed E-state index contributed by atoms with van der Waals surface area (Å²) < 4.78 is 46.5. The maximum Gasteiger partial charge on any atom is 0.407 e. The topological polar surface area (TPSA) is 80.3 Å². The summed E-state index contributed by atoms with van der Waals surface area (Å²) in [7, 11) is 1.63. The van der Waals surface area contributed by atoms with Gasteiger partial charge in [0.1, 0.15) is 18.2 Å². The number of rotatable bonds is 11. The van der Waals surface area contributed by atoms with Gasteiger partial charge < -0.3 is 29.5 Å². The number of nitrogens with one attached hydrogen (secondary N) is 1. The summed E-state index contributed by atoms with van der Waals surface area (Å²) in [6.45, 7) is 1.56. The van der Waals surface area contributed by atoms with Crippen molar-refractivity contribution in [3.63, 3.8) is 0 Å². The number of hydrogen-bond acceptors (Lipinski definition) is 5. The Bertz CT molecular complexity index is 1320. The van der Waals surface area contributed by atoms with E-state index in [9.17, 15) is 18.7 Å². The Balaban J connectivity index is 1.16. The minimum atomic E-state index is -0.947. The van der Waals surface area contributed by atoms with Gasteiger partial charge in [-0.25, -0.2) is 13.6 Å². The number of hydrogen-bond donors (Lipinski definition) is 2. The summed E-state index contributed by atoms with van der Waals surface area (Å²) >= 11 is 0. The lowest BCUT2D eigenvalue weighted by Crippen LogP contribution is -2.47. The van der Waals surface area contributed by atoms with Crippen molar-refractivity contribution in [3.8, 4) is 11.5 Å². The number of carbonyl (C=O) groups is 1. The van der Waals surface area contributed by atoms with Crippen molar-refractivity contribution < 1.29 is 32.9 Å². The second-order valence-corrected chi connectivity index (χ2v) is 11.1. The van der Waals surface area contributed by atoms with Gasteiger partial charge in [0.2, 0.25) is 0 Å². The lowest BCUT2D eigenvalue weighted by atomic mass is 9.82.